The first kappa shape index (κ1) is 14.9. The molecule has 0 atom stereocenters. The van der Waals surface area contributed by atoms with Crippen LogP contribution in [0.4, 0.5) is 17.6 Å². The summed E-state index contributed by atoms with van der Waals surface area (Å²) in [5.41, 5.74) is 5.11. The maximum atomic E-state index is 13.1. The molecule has 0 radical (unpaired) electrons. The van der Waals surface area contributed by atoms with Crippen LogP contribution in [0.5, 0.6) is 0 Å². The number of rotatable bonds is 3. The Labute approximate surface area is 117 Å². The van der Waals surface area contributed by atoms with Gasteiger partial charge in [-0.25, -0.2) is 9.37 Å². The minimum atomic E-state index is -4.63. The molecule has 2 rings (SSSR count). The fourth-order valence-corrected chi connectivity index (χ4v) is 2.94. The molecule has 0 fully saturated rings. The zero-order valence-electron chi connectivity index (χ0n) is 10.6. The van der Waals surface area contributed by atoms with Crippen molar-refractivity contribution in [2.45, 2.75) is 26.1 Å². The Kier molecular flexibility index (Phi) is 4.10. The normalized spacial score (nSPS) is 11.9. The minimum Gasteiger partial charge on any atom is -0.326 e. The van der Waals surface area contributed by atoms with E-state index in [1.807, 2.05) is 6.92 Å². The van der Waals surface area contributed by atoms with Gasteiger partial charge in [-0.15, -0.1) is 11.3 Å². The van der Waals surface area contributed by atoms with E-state index in [1.54, 1.807) is 0 Å². The van der Waals surface area contributed by atoms with Crippen LogP contribution in [0.2, 0.25) is 0 Å². The van der Waals surface area contributed by atoms with Gasteiger partial charge in [-0.05, 0) is 24.6 Å². The molecule has 1 aromatic heterocycles. The first-order valence-corrected chi connectivity index (χ1v) is 6.74. The maximum Gasteiger partial charge on any atom is 0.417 e. The number of alkyl halides is 3. The molecule has 108 valence electrons. The third-order valence-electron chi connectivity index (χ3n) is 2.82. The van der Waals surface area contributed by atoms with Crippen molar-refractivity contribution in [1.29, 1.82) is 0 Å². The number of aromatic nitrogens is 1. The lowest BCUT2D eigenvalue weighted by atomic mass is 10.1. The monoisotopic (exact) mass is 304 g/mol. The zero-order valence-corrected chi connectivity index (χ0v) is 11.4. The summed E-state index contributed by atoms with van der Waals surface area (Å²) in [6, 6.07) is 2.60. The van der Waals surface area contributed by atoms with Crippen LogP contribution in [-0.2, 0) is 19.1 Å². The molecule has 0 saturated heterocycles. The highest BCUT2D eigenvalue weighted by molar-refractivity contribution is 7.15. The van der Waals surface area contributed by atoms with Gasteiger partial charge in [-0.3, -0.25) is 0 Å². The summed E-state index contributed by atoms with van der Waals surface area (Å²) >= 11 is 1.11. The van der Waals surface area contributed by atoms with E-state index in [4.69, 9.17) is 5.73 Å². The molecule has 2 N–H and O–H groups in total. The summed E-state index contributed by atoms with van der Waals surface area (Å²) in [5.74, 6) is -0.924. The van der Waals surface area contributed by atoms with Crippen molar-refractivity contribution in [3.05, 3.63) is 40.2 Å². The van der Waals surface area contributed by atoms with E-state index in [2.05, 4.69) is 4.98 Å². The molecule has 1 heterocycles. The Morgan fingerprint density at radius 3 is 2.50 bits per heavy atom. The molecule has 0 amide bonds. The SMILES string of the molecule is CCc1nc(-c2ccc(F)cc2C(F)(F)F)sc1CN. The van der Waals surface area contributed by atoms with E-state index in [-0.39, 0.29) is 17.1 Å². The fraction of sp³-hybridized carbons (Fsp3) is 0.308. The molecule has 20 heavy (non-hydrogen) atoms. The number of aryl methyl sites for hydroxylation is 1. The van der Waals surface area contributed by atoms with E-state index in [1.165, 1.54) is 0 Å². The summed E-state index contributed by atoms with van der Waals surface area (Å²) in [7, 11) is 0. The van der Waals surface area contributed by atoms with Crippen molar-refractivity contribution in [2.75, 3.05) is 0 Å². The minimum absolute atomic E-state index is 0.113. The highest BCUT2D eigenvalue weighted by Gasteiger charge is 2.35. The molecular formula is C13H12F4N2S. The van der Waals surface area contributed by atoms with Gasteiger partial charge in [0.05, 0.1) is 11.3 Å². The Morgan fingerprint density at radius 1 is 1.30 bits per heavy atom. The van der Waals surface area contributed by atoms with Gasteiger partial charge in [0.15, 0.2) is 0 Å². The molecule has 0 unspecified atom stereocenters. The van der Waals surface area contributed by atoms with Gasteiger partial charge in [0, 0.05) is 17.0 Å². The van der Waals surface area contributed by atoms with Crippen LogP contribution in [0, 0.1) is 5.82 Å². The van der Waals surface area contributed by atoms with Crippen molar-refractivity contribution in [3.8, 4) is 10.6 Å². The molecule has 0 spiro atoms. The van der Waals surface area contributed by atoms with Gasteiger partial charge in [-0.2, -0.15) is 13.2 Å². The van der Waals surface area contributed by atoms with E-state index < -0.39 is 17.6 Å². The van der Waals surface area contributed by atoms with Crippen molar-refractivity contribution in [1.82, 2.24) is 4.98 Å². The summed E-state index contributed by atoms with van der Waals surface area (Å²) in [4.78, 5) is 4.94. The number of benzene rings is 1. The van der Waals surface area contributed by atoms with Crippen LogP contribution in [0.15, 0.2) is 18.2 Å². The average Bonchev–Trinajstić information content (AvgIpc) is 2.80. The van der Waals surface area contributed by atoms with Crippen LogP contribution in [0.1, 0.15) is 23.1 Å². The van der Waals surface area contributed by atoms with E-state index in [0.717, 1.165) is 28.3 Å². The number of nitrogens with two attached hydrogens (primary N) is 1. The third kappa shape index (κ3) is 2.83. The highest BCUT2D eigenvalue weighted by atomic mass is 32.1. The van der Waals surface area contributed by atoms with Crippen LogP contribution >= 0.6 is 11.3 Å². The molecule has 0 saturated carbocycles. The Morgan fingerprint density at radius 2 is 2.00 bits per heavy atom. The molecule has 0 bridgehead atoms. The average molecular weight is 304 g/mol. The second-order valence-electron chi connectivity index (χ2n) is 4.13. The molecule has 0 aliphatic carbocycles. The maximum absolute atomic E-state index is 13.1. The lowest BCUT2D eigenvalue weighted by Crippen LogP contribution is -2.07. The van der Waals surface area contributed by atoms with Crippen LogP contribution in [0.3, 0.4) is 0 Å². The van der Waals surface area contributed by atoms with Crippen molar-refractivity contribution < 1.29 is 17.6 Å². The Hall–Kier alpha value is -1.47. The molecule has 2 nitrogen and oxygen atoms in total. The van der Waals surface area contributed by atoms with Crippen molar-refractivity contribution in [3.63, 3.8) is 0 Å². The van der Waals surface area contributed by atoms with Gasteiger partial charge in [0.1, 0.15) is 10.8 Å². The Bertz CT molecular complexity index is 598. The van der Waals surface area contributed by atoms with Gasteiger partial charge in [-0.1, -0.05) is 6.92 Å². The third-order valence-corrected chi connectivity index (χ3v) is 3.97. The number of hydrogen-bond acceptors (Lipinski definition) is 3. The van der Waals surface area contributed by atoms with Crippen LogP contribution < -0.4 is 5.73 Å². The first-order valence-electron chi connectivity index (χ1n) is 5.92. The quantitative estimate of drug-likeness (QED) is 0.871. The zero-order chi connectivity index (χ0) is 14.9. The number of nitrogens with zero attached hydrogens (tertiary/aromatic N) is 1. The van der Waals surface area contributed by atoms with Crippen molar-refractivity contribution in [2.24, 2.45) is 5.73 Å². The molecular weight excluding hydrogens is 292 g/mol. The summed E-state index contributed by atoms with van der Waals surface area (Å²) in [6.45, 7) is 2.08. The second kappa shape index (κ2) is 5.49. The predicted molar refractivity (Wildman–Crippen MR) is 69.8 cm³/mol. The summed E-state index contributed by atoms with van der Waals surface area (Å²) < 4.78 is 52.0. The predicted octanol–water partition coefficient (Wildman–Crippen LogP) is 3.99. The highest BCUT2D eigenvalue weighted by Crippen LogP contribution is 2.39. The summed E-state index contributed by atoms with van der Waals surface area (Å²) in [5, 5.41) is 0.217. The lowest BCUT2D eigenvalue weighted by molar-refractivity contribution is -0.137. The topological polar surface area (TPSA) is 38.9 Å². The second-order valence-corrected chi connectivity index (χ2v) is 5.22. The lowest BCUT2D eigenvalue weighted by Gasteiger charge is -2.11. The smallest absolute Gasteiger partial charge is 0.326 e. The largest absolute Gasteiger partial charge is 0.417 e. The van der Waals surface area contributed by atoms with Crippen LogP contribution in [-0.4, -0.2) is 4.98 Å². The first-order chi connectivity index (χ1) is 9.36. The van der Waals surface area contributed by atoms with E-state index >= 15 is 0 Å². The number of halogens is 4. The molecule has 2 aromatic rings. The Balaban J connectivity index is 2.60. The fourth-order valence-electron chi connectivity index (χ4n) is 1.87. The van der Waals surface area contributed by atoms with Crippen LogP contribution in [0.25, 0.3) is 10.6 Å². The van der Waals surface area contributed by atoms with Gasteiger partial charge < -0.3 is 5.73 Å². The molecule has 0 aliphatic rings. The standard InChI is InChI=1S/C13H12F4N2S/c1-2-10-11(6-18)20-12(19-10)8-4-3-7(14)5-9(8)13(15,16)17/h3-5H,2,6,18H2,1H3. The van der Waals surface area contributed by atoms with Gasteiger partial charge in [0.25, 0.3) is 0 Å². The summed E-state index contributed by atoms with van der Waals surface area (Å²) in [6.07, 6.45) is -4.04. The number of thiazole rings is 1. The molecule has 1 aromatic carbocycles. The van der Waals surface area contributed by atoms with E-state index in [0.29, 0.717) is 18.2 Å². The van der Waals surface area contributed by atoms with Gasteiger partial charge >= 0.3 is 6.18 Å². The van der Waals surface area contributed by atoms with E-state index in [9.17, 15) is 17.6 Å². The number of hydrogen-bond donors (Lipinski definition) is 1. The molecule has 7 heteroatoms. The van der Waals surface area contributed by atoms with Gasteiger partial charge in [0.2, 0.25) is 0 Å². The molecule has 0 aliphatic heterocycles. The van der Waals surface area contributed by atoms with Crippen molar-refractivity contribution >= 4 is 11.3 Å².